The highest BCUT2D eigenvalue weighted by Crippen LogP contribution is 2.22. The maximum Gasteiger partial charge on any atom is 0.226 e. The van der Waals surface area contributed by atoms with E-state index in [-0.39, 0.29) is 11.8 Å². The molecule has 0 spiro atoms. The topological polar surface area (TPSA) is 69.0 Å². The summed E-state index contributed by atoms with van der Waals surface area (Å²) in [5.41, 5.74) is 0.404. The predicted octanol–water partition coefficient (Wildman–Crippen LogP) is 0.135. The van der Waals surface area contributed by atoms with Crippen LogP contribution in [-0.2, 0) is 4.79 Å². The highest BCUT2D eigenvalue weighted by Gasteiger charge is 2.32. The van der Waals surface area contributed by atoms with E-state index in [0.29, 0.717) is 18.8 Å². The molecule has 82 valence electrons. The van der Waals surface area contributed by atoms with Crippen molar-refractivity contribution in [2.75, 3.05) is 25.0 Å². The molecule has 16 heavy (non-hydrogen) atoms. The maximum atomic E-state index is 11.3. The molecule has 5 heteroatoms. The number of nitrogens with one attached hydrogen (secondary N) is 1. The molecule has 0 aliphatic carbocycles. The van der Waals surface area contributed by atoms with Crippen molar-refractivity contribution < 1.29 is 4.79 Å². The van der Waals surface area contributed by atoms with E-state index >= 15 is 0 Å². The van der Waals surface area contributed by atoms with E-state index in [0.717, 1.165) is 5.82 Å². The maximum absolute atomic E-state index is 11.3. The van der Waals surface area contributed by atoms with Gasteiger partial charge in [-0.25, -0.2) is 4.98 Å². The summed E-state index contributed by atoms with van der Waals surface area (Å²) < 4.78 is 0. The first-order valence-corrected chi connectivity index (χ1v) is 5.08. The number of hydrogen-bond acceptors (Lipinski definition) is 4. The van der Waals surface area contributed by atoms with Gasteiger partial charge in [0.1, 0.15) is 17.6 Å². The molecule has 0 saturated carbocycles. The number of carbonyl (C=O) groups excluding carboxylic acids is 1. The lowest BCUT2D eigenvalue weighted by molar-refractivity contribution is -0.125. The second-order valence-corrected chi connectivity index (χ2v) is 3.71. The van der Waals surface area contributed by atoms with E-state index in [1.165, 1.54) is 0 Å². The van der Waals surface area contributed by atoms with Crippen molar-refractivity contribution in [3.63, 3.8) is 0 Å². The Kier molecular flexibility index (Phi) is 2.73. The van der Waals surface area contributed by atoms with Gasteiger partial charge in [0.15, 0.2) is 0 Å². The molecule has 1 aliphatic heterocycles. The molecule has 1 aromatic rings. The summed E-state index contributed by atoms with van der Waals surface area (Å²) in [4.78, 5) is 17.4. The molecular weight excluding hydrogens is 204 g/mol. The van der Waals surface area contributed by atoms with Crippen LogP contribution in [0.15, 0.2) is 18.2 Å². The quantitative estimate of drug-likeness (QED) is 0.763. The Morgan fingerprint density at radius 1 is 1.62 bits per heavy atom. The van der Waals surface area contributed by atoms with Crippen LogP contribution in [0.4, 0.5) is 5.82 Å². The molecule has 1 saturated heterocycles. The lowest BCUT2D eigenvalue weighted by Crippen LogP contribution is -2.53. The fourth-order valence-electron chi connectivity index (χ4n) is 1.70. The summed E-state index contributed by atoms with van der Waals surface area (Å²) in [6, 6.07) is 7.31. The summed E-state index contributed by atoms with van der Waals surface area (Å²) >= 11 is 0. The standard InChI is InChI=1S/C11H12N4O/c1-13-11(16)8-6-15(7-8)10-4-2-3-9(5-12)14-10/h2-4,8H,6-7H2,1H3,(H,13,16). The Balaban J connectivity index is 2.01. The molecule has 5 nitrogen and oxygen atoms in total. The van der Waals surface area contributed by atoms with Crippen molar-refractivity contribution in [3.8, 4) is 6.07 Å². The van der Waals surface area contributed by atoms with E-state index in [9.17, 15) is 4.79 Å². The average molecular weight is 216 g/mol. The number of hydrogen-bond donors (Lipinski definition) is 1. The lowest BCUT2D eigenvalue weighted by Gasteiger charge is -2.38. The van der Waals surface area contributed by atoms with Crippen LogP contribution < -0.4 is 10.2 Å². The third kappa shape index (κ3) is 1.82. The minimum atomic E-state index is 0.0394. The smallest absolute Gasteiger partial charge is 0.226 e. The molecule has 0 unspecified atom stereocenters. The van der Waals surface area contributed by atoms with Gasteiger partial charge >= 0.3 is 0 Å². The molecule has 0 atom stereocenters. The predicted molar refractivity (Wildman–Crippen MR) is 58.7 cm³/mol. The number of aromatic nitrogens is 1. The van der Waals surface area contributed by atoms with Gasteiger partial charge in [0, 0.05) is 20.1 Å². The molecule has 2 heterocycles. The summed E-state index contributed by atoms with van der Waals surface area (Å²) in [6.45, 7) is 1.34. The van der Waals surface area contributed by atoms with Crippen LogP contribution in [0.5, 0.6) is 0 Å². The van der Waals surface area contributed by atoms with Crippen molar-refractivity contribution in [1.82, 2.24) is 10.3 Å². The van der Waals surface area contributed by atoms with Gasteiger partial charge in [-0.1, -0.05) is 6.07 Å². The van der Waals surface area contributed by atoms with Crippen LogP contribution in [0.25, 0.3) is 0 Å². The van der Waals surface area contributed by atoms with Crippen molar-refractivity contribution >= 4 is 11.7 Å². The molecule has 0 radical (unpaired) electrons. The van der Waals surface area contributed by atoms with E-state index in [2.05, 4.69) is 10.3 Å². The fourth-order valence-corrected chi connectivity index (χ4v) is 1.70. The van der Waals surface area contributed by atoms with E-state index in [1.807, 2.05) is 17.0 Å². The van der Waals surface area contributed by atoms with Crippen molar-refractivity contribution in [2.45, 2.75) is 0 Å². The van der Waals surface area contributed by atoms with Crippen LogP contribution in [-0.4, -0.2) is 31.0 Å². The number of nitriles is 1. The number of anilines is 1. The zero-order valence-electron chi connectivity index (χ0n) is 8.97. The van der Waals surface area contributed by atoms with Crippen LogP contribution in [0.3, 0.4) is 0 Å². The van der Waals surface area contributed by atoms with Crippen LogP contribution >= 0.6 is 0 Å². The Morgan fingerprint density at radius 3 is 3.00 bits per heavy atom. The molecule has 2 rings (SSSR count). The molecule has 1 aromatic heterocycles. The third-order valence-corrected chi connectivity index (χ3v) is 2.67. The number of amides is 1. The first-order chi connectivity index (χ1) is 7.74. The number of nitrogens with zero attached hydrogens (tertiary/aromatic N) is 3. The van der Waals surface area contributed by atoms with Gasteiger partial charge in [-0.15, -0.1) is 0 Å². The molecule has 1 N–H and O–H groups in total. The minimum Gasteiger partial charge on any atom is -0.359 e. The normalized spacial score (nSPS) is 15.1. The van der Waals surface area contributed by atoms with Gasteiger partial charge in [0.2, 0.25) is 5.91 Å². The highest BCUT2D eigenvalue weighted by atomic mass is 16.1. The van der Waals surface area contributed by atoms with Gasteiger partial charge < -0.3 is 10.2 Å². The van der Waals surface area contributed by atoms with Crippen LogP contribution in [0.2, 0.25) is 0 Å². The SMILES string of the molecule is CNC(=O)C1CN(c2cccc(C#N)n2)C1. The third-order valence-electron chi connectivity index (χ3n) is 2.67. The van der Waals surface area contributed by atoms with Crippen LogP contribution in [0.1, 0.15) is 5.69 Å². The molecular formula is C11H12N4O. The largest absolute Gasteiger partial charge is 0.359 e. The second-order valence-electron chi connectivity index (χ2n) is 3.71. The van der Waals surface area contributed by atoms with Crippen molar-refractivity contribution in [3.05, 3.63) is 23.9 Å². The minimum absolute atomic E-state index is 0.0394. The average Bonchev–Trinajstić information content (AvgIpc) is 2.27. The second kappa shape index (κ2) is 4.19. The first-order valence-electron chi connectivity index (χ1n) is 5.08. The summed E-state index contributed by atoms with van der Waals surface area (Å²) in [5.74, 6) is 0.865. The van der Waals surface area contributed by atoms with Gasteiger partial charge in [0.25, 0.3) is 0 Å². The molecule has 1 fully saturated rings. The van der Waals surface area contributed by atoms with Gasteiger partial charge in [-0.05, 0) is 12.1 Å². The first kappa shape index (κ1) is 10.4. The van der Waals surface area contributed by atoms with Crippen molar-refractivity contribution in [2.24, 2.45) is 5.92 Å². The van der Waals surface area contributed by atoms with Crippen molar-refractivity contribution in [1.29, 1.82) is 5.26 Å². The Labute approximate surface area is 93.7 Å². The molecule has 1 amide bonds. The fraction of sp³-hybridized carbons (Fsp3) is 0.364. The summed E-state index contributed by atoms with van der Waals surface area (Å²) in [6.07, 6.45) is 0. The van der Waals surface area contributed by atoms with Gasteiger partial charge in [-0.3, -0.25) is 4.79 Å². The van der Waals surface area contributed by atoms with E-state index in [1.54, 1.807) is 19.2 Å². The summed E-state index contributed by atoms with van der Waals surface area (Å²) in [5, 5.41) is 11.3. The Morgan fingerprint density at radius 2 is 2.38 bits per heavy atom. The molecule has 0 aromatic carbocycles. The molecule has 0 bridgehead atoms. The van der Waals surface area contributed by atoms with E-state index in [4.69, 9.17) is 5.26 Å². The number of carbonyl (C=O) groups is 1. The summed E-state index contributed by atoms with van der Waals surface area (Å²) in [7, 11) is 1.64. The van der Waals surface area contributed by atoms with Gasteiger partial charge in [-0.2, -0.15) is 5.26 Å². The Hall–Kier alpha value is -2.09. The number of pyridine rings is 1. The van der Waals surface area contributed by atoms with Gasteiger partial charge in [0.05, 0.1) is 5.92 Å². The zero-order chi connectivity index (χ0) is 11.5. The Bertz CT molecular complexity index is 446. The highest BCUT2D eigenvalue weighted by molar-refractivity contribution is 5.81. The zero-order valence-corrected chi connectivity index (χ0v) is 8.97. The van der Waals surface area contributed by atoms with E-state index < -0.39 is 0 Å². The number of rotatable bonds is 2. The molecule has 1 aliphatic rings. The van der Waals surface area contributed by atoms with Crippen LogP contribution in [0, 0.1) is 17.2 Å². The monoisotopic (exact) mass is 216 g/mol. The lowest BCUT2D eigenvalue weighted by atomic mass is 9.99.